The number of nitrogens with one attached hydrogen (secondary N) is 1. The first-order valence-electron chi connectivity index (χ1n) is 7.35. The highest BCUT2D eigenvalue weighted by atomic mass is 32.2. The number of fused-ring (bicyclic) bond motifs is 1. The lowest BCUT2D eigenvalue weighted by molar-refractivity contribution is 0.177. The molecule has 0 saturated heterocycles. The highest BCUT2D eigenvalue weighted by molar-refractivity contribution is 7.89. The lowest BCUT2D eigenvalue weighted by atomic mass is 10.1. The quantitative estimate of drug-likeness (QED) is 0.716. The molecule has 0 bridgehead atoms. The Balaban J connectivity index is 1.67. The van der Waals surface area contributed by atoms with Crippen LogP contribution in [0.25, 0.3) is 11.0 Å². The van der Waals surface area contributed by atoms with Gasteiger partial charge in [0.05, 0.1) is 6.10 Å². The molecule has 7 heteroatoms. The molecule has 0 aliphatic heterocycles. The first-order chi connectivity index (χ1) is 11.5. The van der Waals surface area contributed by atoms with Crippen LogP contribution in [0.5, 0.6) is 0 Å². The van der Waals surface area contributed by atoms with E-state index < -0.39 is 21.9 Å². The maximum atomic E-state index is 13.5. The number of halogens is 1. The zero-order valence-electron chi connectivity index (χ0n) is 12.6. The normalized spacial score (nSPS) is 13.2. The molecule has 1 aromatic heterocycles. The number of benzene rings is 2. The van der Waals surface area contributed by atoms with Crippen LogP contribution in [-0.4, -0.2) is 26.2 Å². The van der Waals surface area contributed by atoms with Gasteiger partial charge in [-0.1, -0.05) is 36.4 Å². The molecule has 1 unspecified atom stereocenters. The molecule has 126 valence electrons. The summed E-state index contributed by atoms with van der Waals surface area (Å²) in [6.07, 6.45) is -1.05. The SMILES string of the molecule is O=S(=O)(NCC(O)Cc1ccccc1F)c1cc2ccccc2o1. The van der Waals surface area contributed by atoms with E-state index in [0.29, 0.717) is 16.5 Å². The summed E-state index contributed by atoms with van der Waals surface area (Å²) >= 11 is 0. The molecule has 5 nitrogen and oxygen atoms in total. The third-order valence-electron chi connectivity index (χ3n) is 3.59. The highest BCUT2D eigenvalue weighted by Gasteiger charge is 2.21. The van der Waals surface area contributed by atoms with E-state index in [-0.39, 0.29) is 18.1 Å². The molecular formula is C17H16FNO4S. The number of furan rings is 1. The van der Waals surface area contributed by atoms with Gasteiger partial charge >= 0.3 is 0 Å². The van der Waals surface area contributed by atoms with Crippen LogP contribution in [0.3, 0.4) is 0 Å². The van der Waals surface area contributed by atoms with Gasteiger partial charge in [-0.05, 0) is 17.7 Å². The Labute approximate surface area is 138 Å². The number of hydrogen-bond acceptors (Lipinski definition) is 4. The van der Waals surface area contributed by atoms with E-state index >= 15 is 0 Å². The molecule has 2 N–H and O–H groups in total. The molecule has 0 amide bonds. The van der Waals surface area contributed by atoms with Crippen molar-refractivity contribution in [3.63, 3.8) is 0 Å². The number of rotatable bonds is 6. The van der Waals surface area contributed by atoms with E-state index in [2.05, 4.69) is 4.72 Å². The van der Waals surface area contributed by atoms with Gasteiger partial charge in [0.1, 0.15) is 11.4 Å². The molecule has 0 aliphatic rings. The van der Waals surface area contributed by atoms with Gasteiger partial charge in [-0.15, -0.1) is 0 Å². The molecule has 1 atom stereocenters. The summed E-state index contributed by atoms with van der Waals surface area (Å²) in [7, 11) is -3.89. The van der Waals surface area contributed by atoms with Crippen LogP contribution in [0.1, 0.15) is 5.56 Å². The van der Waals surface area contributed by atoms with E-state index in [1.54, 1.807) is 42.5 Å². The maximum absolute atomic E-state index is 13.5. The Morgan fingerprint density at radius 2 is 1.83 bits per heavy atom. The predicted octanol–water partition coefficient (Wildman–Crippen LogP) is 2.45. The molecule has 3 rings (SSSR count). The van der Waals surface area contributed by atoms with E-state index in [1.165, 1.54) is 12.1 Å². The molecule has 0 aliphatic carbocycles. The largest absolute Gasteiger partial charge is 0.443 e. The number of hydrogen-bond donors (Lipinski definition) is 2. The molecule has 3 aromatic rings. The van der Waals surface area contributed by atoms with Crippen LogP contribution in [0.4, 0.5) is 4.39 Å². The van der Waals surface area contributed by atoms with Crippen molar-refractivity contribution in [2.45, 2.75) is 17.6 Å². The summed E-state index contributed by atoms with van der Waals surface area (Å²) in [5, 5.41) is 10.4. The third-order valence-corrected chi connectivity index (χ3v) is 4.87. The second-order valence-corrected chi connectivity index (χ2v) is 7.10. The fraction of sp³-hybridized carbons (Fsp3) is 0.176. The summed E-state index contributed by atoms with van der Waals surface area (Å²) in [4.78, 5) is 0. The van der Waals surface area contributed by atoms with Gasteiger partial charge in [0.25, 0.3) is 10.0 Å². The zero-order chi connectivity index (χ0) is 17.2. The first kappa shape index (κ1) is 16.6. The Morgan fingerprint density at radius 3 is 2.58 bits per heavy atom. The summed E-state index contributed by atoms with van der Waals surface area (Å²) in [5.41, 5.74) is 0.790. The van der Waals surface area contributed by atoms with Crippen molar-refractivity contribution < 1.29 is 22.3 Å². The lowest BCUT2D eigenvalue weighted by Gasteiger charge is -2.12. The topological polar surface area (TPSA) is 79.5 Å². The minimum Gasteiger partial charge on any atom is -0.443 e. The molecule has 0 saturated carbocycles. The number of sulfonamides is 1. The number of aliphatic hydroxyl groups excluding tert-OH is 1. The standard InChI is InChI=1S/C17H16FNO4S/c18-15-7-3-1-5-12(15)9-14(20)11-19-24(21,22)17-10-13-6-2-4-8-16(13)23-17/h1-8,10,14,19-20H,9,11H2. The fourth-order valence-electron chi connectivity index (χ4n) is 2.36. The van der Waals surface area contributed by atoms with Gasteiger partial charge < -0.3 is 9.52 Å². The van der Waals surface area contributed by atoms with Crippen molar-refractivity contribution in [3.05, 3.63) is 66.0 Å². The van der Waals surface area contributed by atoms with Gasteiger partial charge in [0, 0.05) is 24.4 Å². The Bertz CT molecular complexity index is 919. The summed E-state index contributed by atoms with van der Waals surface area (Å²) < 4.78 is 45.6. The molecule has 24 heavy (non-hydrogen) atoms. The zero-order valence-corrected chi connectivity index (χ0v) is 13.5. The van der Waals surface area contributed by atoms with Crippen LogP contribution in [-0.2, 0) is 16.4 Å². The van der Waals surface area contributed by atoms with Crippen molar-refractivity contribution >= 4 is 21.0 Å². The minimum absolute atomic E-state index is 0.00925. The Morgan fingerprint density at radius 1 is 1.12 bits per heavy atom. The Kier molecular flexibility index (Phi) is 4.66. The van der Waals surface area contributed by atoms with Crippen LogP contribution in [0, 0.1) is 5.82 Å². The van der Waals surface area contributed by atoms with E-state index in [1.807, 2.05) is 0 Å². The molecule has 0 radical (unpaired) electrons. The van der Waals surface area contributed by atoms with Crippen molar-refractivity contribution in [2.24, 2.45) is 0 Å². The summed E-state index contributed by atoms with van der Waals surface area (Å²) in [5.74, 6) is -0.434. The Hall–Kier alpha value is -2.22. The van der Waals surface area contributed by atoms with Crippen molar-refractivity contribution in [1.29, 1.82) is 0 Å². The fourth-order valence-corrected chi connectivity index (χ4v) is 3.39. The highest BCUT2D eigenvalue weighted by Crippen LogP contribution is 2.22. The van der Waals surface area contributed by atoms with E-state index in [4.69, 9.17) is 4.42 Å². The van der Waals surface area contributed by atoms with E-state index in [0.717, 1.165) is 0 Å². The molecule has 0 fully saturated rings. The van der Waals surface area contributed by atoms with Gasteiger partial charge in [0.15, 0.2) is 0 Å². The second-order valence-electron chi connectivity index (χ2n) is 5.40. The van der Waals surface area contributed by atoms with Gasteiger partial charge in [-0.2, -0.15) is 0 Å². The third kappa shape index (κ3) is 3.64. The van der Waals surface area contributed by atoms with Gasteiger partial charge in [-0.3, -0.25) is 0 Å². The van der Waals surface area contributed by atoms with Crippen LogP contribution in [0.2, 0.25) is 0 Å². The van der Waals surface area contributed by atoms with Crippen molar-refractivity contribution in [1.82, 2.24) is 4.72 Å². The average molecular weight is 349 g/mol. The van der Waals surface area contributed by atoms with Gasteiger partial charge in [0.2, 0.25) is 5.09 Å². The minimum atomic E-state index is -3.89. The monoisotopic (exact) mass is 349 g/mol. The first-order valence-corrected chi connectivity index (χ1v) is 8.84. The summed E-state index contributed by atoms with van der Waals surface area (Å²) in [6.45, 7) is -0.242. The van der Waals surface area contributed by atoms with Gasteiger partial charge in [-0.25, -0.2) is 17.5 Å². The molecule has 2 aromatic carbocycles. The van der Waals surface area contributed by atoms with Crippen LogP contribution >= 0.6 is 0 Å². The smallest absolute Gasteiger partial charge is 0.274 e. The van der Waals surface area contributed by atoms with Crippen molar-refractivity contribution in [3.8, 4) is 0 Å². The second kappa shape index (κ2) is 6.72. The number of para-hydroxylation sites is 1. The molecular weight excluding hydrogens is 333 g/mol. The average Bonchev–Trinajstić information content (AvgIpc) is 3.00. The summed E-state index contributed by atoms with van der Waals surface area (Å²) in [6, 6.07) is 14.4. The molecule has 0 spiro atoms. The van der Waals surface area contributed by atoms with Crippen LogP contribution in [0.15, 0.2) is 64.1 Å². The molecule has 1 heterocycles. The maximum Gasteiger partial charge on any atom is 0.274 e. The van der Waals surface area contributed by atoms with E-state index in [9.17, 15) is 17.9 Å². The van der Waals surface area contributed by atoms with Crippen LogP contribution < -0.4 is 4.72 Å². The number of aliphatic hydroxyl groups is 1. The predicted molar refractivity (Wildman–Crippen MR) is 87.5 cm³/mol. The van der Waals surface area contributed by atoms with Crippen molar-refractivity contribution in [2.75, 3.05) is 6.54 Å². The lowest BCUT2D eigenvalue weighted by Crippen LogP contribution is -2.33.